The lowest BCUT2D eigenvalue weighted by Gasteiger charge is -2.19. The molecule has 1 unspecified atom stereocenters. The molecule has 1 saturated carbocycles. The highest BCUT2D eigenvalue weighted by Crippen LogP contribution is 2.48. The lowest BCUT2D eigenvalue weighted by molar-refractivity contribution is -0.112. The zero-order valence-electron chi connectivity index (χ0n) is 20.1. The van der Waals surface area contributed by atoms with E-state index in [2.05, 4.69) is 9.97 Å². The standard InChI is InChI=1S/C23H28F2N3O6PS/c1-4-33-35(30,34-5-2)23-21(27-8-9-28-23)17-13-15(6-7-20(17)36(3,31)32)16(22(26)29)10-14-11-18(24)19(25)12-14/h6-10,13-14,18-19H,4-5,11-12H2,1-3H3,(H2,26,29)/b16-10+/t14?,18-,19+. The van der Waals surface area contributed by atoms with Crippen molar-refractivity contribution in [2.24, 2.45) is 11.7 Å². The highest BCUT2D eigenvalue weighted by Gasteiger charge is 2.36. The van der Waals surface area contributed by atoms with Gasteiger partial charge in [0.1, 0.15) is 18.0 Å². The molecule has 0 bridgehead atoms. The Morgan fingerprint density at radius 2 is 1.72 bits per heavy atom. The second-order valence-electron chi connectivity index (χ2n) is 8.25. The van der Waals surface area contributed by atoms with Crippen molar-refractivity contribution in [3.63, 3.8) is 0 Å². The Labute approximate surface area is 208 Å². The normalized spacial score (nSPS) is 21.0. The maximum atomic E-state index is 13.7. The van der Waals surface area contributed by atoms with Gasteiger partial charge in [-0.1, -0.05) is 12.1 Å². The van der Waals surface area contributed by atoms with Gasteiger partial charge in [0.2, 0.25) is 5.91 Å². The van der Waals surface area contributed by atoms with E-state index in [0.717, 1.165) is 6.26 Å². The lowest BCUT2D eigenvalue weighted by atomic mass is 9.96. The number of amides is 1. The molecular weight excluding hydrogens is 515 g/mol. The predicted molar refractivity (Wildman–Crippen MR) is 131 cm³/mol. The molecule has 0 aliphatic heterocycles. The molecule has 36 heavy (non-hydrogen) atoms. The number of alkyl halides is 2. The fraction of sp³-hybridized carbons (Fsp3) is 0.435. The highest BCUT2D eigenvalue weighted by atomic mass is 32.2. The molecule has 1 aliphatic rings. The summed E-state index contributed by atoms with van der Waals surface area (Å²) < 4.78 is 77.0. The fourth-order valence-corrected chi connectivity index (χ4v) is 6.60. The molecule has 13 heteroatoms. The summed E-state index contributed by atoms with van der Waals surface area (Å²) in [6.07, 6.45) is 1.44. The lowest BCUT2D eigenvalue weighted by Crippen LogP contribution is -2.19. The van der Waals surface area contributed by atoms with Crippen molar-refractivity contribution in [1.29, 1.82) is 0 Å². The molecule has 2 aromatic rings. The Hall–Kier alpha value is -2.53. The molecule has 1 fully saturated rings. The number of halogens is 2. The average molecular weight is 544 g/mol. The van der Waals surface area contributed by atoms with Gasteiger partial charge in [-0.15, -0.1) is 0 Å². The van der Waals surface area contributed by atoms with E-state index < -0.39 is 41.6 Å². The van der Waals surface area contributed by atoms with Gasteiger partial charge in [0, 0.05) is 29.8 Å². The minimum Gasteiger partial charge on any atom is -0.366 e. The first kappa shape index (κ1) is 28.0. The van der Waals surface area contributed by atoms with Crippen molar-refractivity contribution in [1.82, 2.24) is 9.97 Å². The van der Waals surface area contributed by atoms with E-state index in [1.54, 1.807) is 13.8 Å². The van der Waals surface area contributed by atoms with Crippen molar-refractivity contribution in [2.45, 2.75) is 43.9 Å². The predicted octanol–water partition coefficient (Wildman–Crippen LogP) is 3.39. The number of hydrogen-bond acceptors (Lipinski definition) is 8. The molecule has 1 heterocycles. The molecule has 1 aliphatic carbocycles. The number of carbonyl (C=O) groups is 1. The molecule has 1 aromatic heterocycles. The van der Waals surface area contributed by atoms with Gasteiger partial charge in [-0.3, -0.25) is 14.3 Å². The van der Waals surface area contributed by atoms with Crippen molar-refractivity contribution >= 4 is 34.3 Å². The Morgan fingerprint density at radius 3 is 2.25 bits per heavy atom. The average Bonchev–Trinajstić information content (AvgIpc) is 3.13. The van der Waals surface area contributed by atoms with Crippen molar-refractivity contribution < 1.29 is 35.6 Å². The number of carbonyl (C=O) groups excluding carboxylic acids is 1. The molecule has 9 nitrogen and oxygen atoms in total. The summed E-state index contributed by atoms with van der Waals surface area (Å²) in [7, 11) is -7.84. The summed E-state index contributed by atoms with van der Waals surface area (Å²) in [5.41, 5.74) is 5.45. The Kier molecular flexibility index (Phi) is 8.76. The second kappa shape index (κ2) is 11.2. The fourth-order valence-electron chi connectivity index (χ4n) is 4.09. The minimum absolute atomic E-state index is 0.0111. The van der Waals surface area contributed by atoms with Crippen LogP contribution >= 0.6 is 7.60 Å². The SMILES string of the molecule is CCOP(=O)(OCC)c1nccnc1-c1cc(/C(=C\C2C[C@@H](F)[C@@H](F)C2)C(N)=O)ccc1S(C)(=O)=O. The molecule has 0 saturated heterocycles. The monoisotopic (exact) mass is 543 g/mol. The number of primary amides is 1. The first-order chi connectivity index (χ1) is 16.9. The van der Waals surface area contributed by atoms with Gasteiger partial charge in [-0.2, -0.15) is 0 Å². The smallest absolute Gasteiger partial charge is 0.366 e. The molecule has 2 N–H and O–H groups in total. The van der Waals surface area contributed by atoms with Crippen LogP contribution in [-0.4, -0.2) is 56.1 Å². The number of hydrogen-bond donors (Lipinski definition) is 1. The Morgan fingerprint density at radius 1 is 1.14 bits per heavy atom. The third-order valence-electron chi connectivity index (χ3n) is 5.60. The number of aromatic nitrogens is 2. The van der Waals surface area contributed by atoms with Crippen LogP contribution in [0, 0.1) is 5.92 Å². The van der Waals surface area contributed by atoms with E-state index >= 15 is 0 Å². The van der Waals surface area contributed by atoms with Gasteiger partial charge in [0.05, 0.1) is 18.1 Å². The van der Waals surface area contributed by atoms with Crippen LogP contribution < -0.4 is 11.2 Å². The van der Waals surface area contributed by atoms with Crippen molar-refractivity contribution in [3.05, 3.63) is 42.2 Å². The van der Waals surface area contributed by atoms with E-state index in [0.29, 0.717) is 0 Å². The van der Waals surface area contributed by atoms with Crippen LogP contribution in [-0.2, 0) is 28.2 Å². The zero-order chi connectivity index (χ0) is 26.7. The minimum atomic E-state index is -4.00. The van der Waals surface area contributed by atoms with Crippen LogP contribution in [0.15, 0.2) is 41.6 Å². The summed E-state index contributed by atoms with van der Waals surface area (Å²) in [6, 6.07) is 3.97. The number of rotatable bonds is 10. The van der Waals surface area contributed by atoms with E-state index in [4.69, 9.17) is 14.8 Å². The number of sulfone groups is 1. The molecule has 1 amide bonds. The molecule has 1 aromatic carbocycles. The number of nitrogens with zero attached hydrogens (tertiary/aromatic N) is 2. The maximum Gasteiger partial charge on any atom is 0.381 e. The van der Waals surface area contributed by atoms with E-state index in [1.165, 1.54) is 36.7 Å². The van der Waals surface area contributed by atoms with Gasteiger partial charge in [0.15, 0.2) is 15.3 Å². The summed E-state index contributed by atoms with van der Waals surface area (Å²) in [4.78, 5) is 20.5. The zero-order valence-corrected chi connectivity index (χ0v) is 21.8. The van der Waals surface area contributed by atoms with E-state index in [1.807, 2.05) is 0 Å². The van der Waals surface area contributed by atoms with Crippen molar-refractivity contribution in [3.8, 4) is 11.3 Å². The Bertz CT molecular complexity index is 1300. The summed E-state index contributed by atoms with van der Waals surface area (Å²) in [5.74, 6) is -1.43. The number of allylic oxidation sites excluding steroid dienone is 1. The Balaban J connectivity index is 2.26. The van der Waals surface area contributed by atoms with Gasteiger partial charge in [-0.05, 0) is 50.3 Å². The first-order valence-electron chi connectivity index (χ1n) is 11.3. The van der Waals surface area contributed by atoms with Gasteiger partial charge >= 0.3 is 7.60 Å². The van der Waals surface area contributed by atoms with Crippen LogP contribution in [0.1, 0.15) is 32.3 Å². The van der Waals surface area contributed by atoms with Gasteiger partial charge in [0.25, 0.3) is 0 Å². The quantitative estimate of drug-likeness (QED) is 0.356. The van der Waals surface area contributed by atoms with E-state index in [9.17, 15) is 26.6 Å². The van der Waals surface area contributed by atoms with Crippen LogP contribution in [0.25, 0.3) is 16.8 Å². The molecule has 0 spiro atoms. The number of nitrogens with two attached hydrogens (primary N) is 1. The maximum absolute atomic E-state index is 13.7. The molecule has 3 atom stereocenters. The molecule has 196 valence electrons. The summed E-state index contributed by atoms with van der Waals surface area (Å²) >= 11 is 0. The van der Waals surface area contributed by atoms with Crippen molar-refractivity contribution in [2.75, 3.05) is 19.5 Å². The number of benzene rings is 1. The molecule has 0 radical (unpaired) electrons. The van der Waals surface area contributed by atoms with Crippen LogP contribution in [0.3, 0.4) is 0 Å². The molecular formula is C23H28F2N3O6PS. The van der Waals surface area contributed by atoms with Gasteiger partial charge < -0.3 is 14.8 Å². The third-order valence-corrected chi connectivity index (χ3v) is 8.79. The van der Waals surface area contributed by atoms with Crippen LogP contribution in [0.2, 0.25) is 0 Å². The largest absolute Gasteiger partial charge is 0.381 e. The molecule has 3 rings (SSSR count). The summed E-state index contributed by atoms with van der Waals surface area (Å²) in [6.45, 7) is 3.27. The topological polar surface area (TPSA) is 139 Å². The first-order valence-corrected chi connectivity index (χ1v) is 14.7. The van der Waals surface area contributed by atoms with Crippen LogP contribution in [0.4, 0.5) is 8.78 Å². The van der Waals surface area contributed by atoms with E-state index in [-0.39, 0.29) is 58.8 Å². The third kappa shape index (κ3) is 6.05. The second-order valence-corrected chi connectivity index (χ2v) is 12.2. The van der Waals surface area contributed by atoms with Crippen LogP contribution in [0.5, 0.6) is 0 Å². The highest BCUT2D eigenvalue weighted by molar-refractivity contribution is 7.90. The summed E-state index contributed by atoms with van der Waals surface area (Å²) in [5, 5.41) is 0. The van der Waals surface area contributed by atoms with Gasteiger partial charge in [-0.25, -0.2) is 22.2 Å².